The maximum Gasteiger partial charge on any atom is 0.194 e. The minimum Gasteiger partial charge on any atom is -0.490 e. The number of thiazole rings is 1. The van der Waals surface area contributed by atoms with Crippen LogP contribution in [0.1, 0.15) is 35.7 Å². The number of hydrogen-bond acceptors (Lipinski definition) is 5. The molecule has 0 atom stereocenters. The van der Waals surface area contributed by atoms with E-state index >= 15 is 0 Å². The average Bonchev–Trinajstić information content (AvgIpc) is 3.13. The molecule has 27 heavy (non-hydrogen) atoms. The van der Waals surface area contributed by atoms with Crippen LogP contribution in [0.4, 0.5) is 0 Å². The molecule has 0 saturated heterocycles. The fraction of sp³-hybridized carbons (Fsp3) is 0.381. The van der Waals surface area contributed by atoms with E-state index in [0.29, 0.717) is 13.2 Å². The lowest BCUT2D eigenvalue weighted by molar-refractivity contribution is 0.293. The van der Waals surface area contributed by atoms with Gasteiger partial charge >= 0.3 is 0 Å². The zero-order valence-electron chi connectivity index (χ0n) is 16.5. The molecule has 2 aromatic heterocycles. The molecule has 0 aliphatic carbocycles. The highest BCUT2D eigenvalue weighted by Crippen LogP contribution is 2.29. The van der Waals surface area contributed by atoms with Gasteiger partial charge in [0.05, 0.1) is 12.3 Å². The van der Waals surface area contributed by atoms with Crippen LogP contribution < -0.4 is 14.8 Å². The molecular formula is C21H27N3O2S. The summed E-state index contributed by atoms with van der Waals surface area (Å²) in [5.74, 6) is 1.52. The summed E-state index contributed by atoms with van der Waals surface area (Å²) in [6.07, 6.45) is 2.11. The zero-order chi connectivity index (χ0) is 19.4. The van der Waals surface area contributed by atoms with Gasteiger partial charge in [0.1, 0.15) is 6.61 Å². The van der Waals surface area contributed by atoms with E-state index in [1.54, 1.807) is 11.3 Å². The highest BCUT2D eigenvalue weighted by atomic mass is 32.1. The normalized spacial score (nSPS) is 11.1. The van der Waals surface area contributed by atoms with Crippen LogP contribution in [0.5, 0.6) is 11.5 Å². The average molecular weight is 386 g/mol. The number of ether oxygens (including phenoxy) is 2. The highest BCUT2D eigenvalue weighted by molar-refractivity contribution is 7.17. The first-order valence-corrected chi connectivity index (χ1v) is 9.97. The second-order valence-corrected chi connectivity index (χ2v) is 7.87. The van der Waals surface area contributed by atoms with Crippen LogP contribution in [-0.4, -0.2) is 22.6 Å². The van der Waals surface area contributed by atoms with Crippen molar-refractivity contribution in [3.63, 3.8) is 0 Å². The van der Waals surface area contributed by atoms with Gasteiger partial charge in [0.15, 0.2) is 16.5 Å². The molecule has 0 radical (unpaired) electrons. The molecule has 0 aliphatic heterocycles. The second-order valence-electron chi connectivity index (χ2n) is 6.69. The molecule has 1 aromatic carbocycles. The Balaban J connectivity index is 1.62. The molecule has 144 valence electrons. The number of nitrogens with zero attached hydrogens (tertiary/aromatic N) is 2. The van der Waals surface area contributed by atoms with Crippen molar-refractivity contribution in [2.75, 3.05) is 13.2 Å². The maximum absolute atomic E-state index is 5.77. The second kappa shape index (κ2) is 8.59. The molecular weight excluding hydrogens is 358 g/mol. The Labute approximate surface area is 164 Å². The van der Waals surface area contributed by atoms with E-state index in [-0.39, 0.29) is 0 Å². The molecule has 0 spiro atoms. The molecule has 0 fully saturated rings. The number of aryl methyl sites for hydroxylation is 2. The molecule has 1 N–H and O–H groups in total. The van der Waals surface area contributed by atoms with Gasteiger partial charge in [-0.2, -0.15) is 0 Å². The van der Waals surface area contributed by atoms with E-state index in [4.69, 9.17) is 14.5 Å². The summed E-state index contributed by atoms with van der Waals surface area (Å²) in [6.45, 7) is 14.6. The highest BCUT2D eigenvalue weighted by Gasteiger charge is 2.10. The van der Waals surface area contributed by atoms with Gasteiger partial charge in [-0.25, -0.2) is 4.98 Å². The molecule has 2 heterocycles. The molecule has 0 saturated carbocycles. The van der Waals surface area contributed by atoms with Crippen LogP contribution in [-0.2, 0) is 13.1 Å². The van der Waals surface area contributed by atoms with Gasteiger partial charge in [0.2, 0.25) is 0 Å². The molecule has 0 bridgehead atoms. The number of imidazole rings is 1. The van der Waals surface area contributed by atoms with Crippen molar-refractivity contribution in [2.45, 2.75) is 40.8 Å². The number of fused-ring (bicyclic) bond motifs is 1. The summed E-state index contributed by atoms with van der Waals surface area (Å²) in [5, 5.41) is 3.46. The molecule has 3 aromatic rings. The van der Waals surface area contributed by atoms with Crippen molar-refractivity contribution in [3.8, 4) is 11.5 Å². The van der Waals surface area contributed by atoms with Crippen molar-refractivity contribution in [1.29, 1.82) is 0 Å². The quantitative estimate of drug-likeness (QED) is 0.545. The number of hydrogen-bond donors (Lipinski definition) is 1. The SMILES string of the molecule is C=C(C)COc1ccc(CNCc2cn3c(C)c(C)sc3n2)cc1OCC. The fourth-order valence-electron chi connectivity index (χ4n) is 2.77. The maximum atomic E-state index is 5.77. The lowest BCUT2D eigenvalue weighted by Gasteiger charge is -2.13. The van der Waals surface area contributed by atoms with Crippen molar-refractivity contribution in [1.82, 2.24) is 14.7 Å². The molecule has 5 nitrogen and oxygen atoms in total. The number of rotatable bonds is 9. The lowest BCUT2D eigenvalue weighted by atomic mass is 10.2. The number of nitrogens with one attached hydrogen (secondary N) is 1. The molecule has 0 unspecified atom stereocenters. The molecule has 0 aliphatic rings. The van der Waals surface area contributed by atoms with Crippen LogP contribution in [0.15, 0.2) is 36.5 Å². The lowest BCUT2D eigenvalue weighted by Crippen LogP contribution is -2.13. The van der Waals surface area contributed by atoms with Crippen LogP contribution in [0.3, 0.4) is 0 Å². The Morgan fingerprint density at radius 2 is 2.04 bits per heavy atom. The standard InChI is InChI=1S/C21H27N3O2S/c1-6-25-20-9-17(7-8-19(20)26-13-14(2)3)10-22-11-18-12-24-15(4)16(5)27-21(24)23-18/h7-9,12,22H,2,6,10-11,13H2,1,3-5H3. The topological polar surface area (TPSA) is 47.8 Å². The summed E-state index contributed by atoms with van der Waals surface area (Å²) in [6, 6.07) is 6.05. The number of aromatic nitrogens is 2. The monoisotopic (exact) mass is 385 g/mol. The predicted octanol–water partition coefficient (Wildman–Crippen LogP) is 4.66. The van der Waals surface area contributed by atoms with Crippen molar-refractivity contribution in [3.05, 3.63) is 58.4 Å². The van der Waals surface area contributed by atoms with Gasteiger partial charge in [-0.3, -0.25) is 4.40 Å². The van der Waals surface area contributed by atoms with Gasteiger partial charge in [0.25, 0.3) is 0 Å². The Morgan fingerprint density at radius 1 is 1.22 bits per heavy atom. The van der Waals surface area contributed by atoms with Crippen molar-refractivity contribution >= 4 is 16.3 Å². The third-order valence-corrected chi connectivity index (χ3v) is 5.33. The zero-order valence-corrected chi connectivity index (χ0v) is 17.3. The molecule has 0 amide bonds. The number of benzene rings is 1. The summed E-state index contributed by atoms with van der Waals surface area (Å²) in [7, 11) is 0. The van der Waals surface area contributed by atoms with Crippen LogP contribution >= 0.6 is 11.3 Å². The van der Waals surface area contributed by atoms with Crippen LogP contribution in [0, 0.1) is 13.8 Å². The minimum atomic E-state index is 0.494. The summed E-state index contributed by atoms with van der Waals surface area (Å²) >= 11 is 1.73. The van der Waals surface area contributed by atoms with Crippen LogP contribution in [0.2, 0.25) is 0 Å². The Morgan fingerprint density at radius 3 is 2.74 bits per heavy atom. The fourth-order valence-corrected chi connectivity index (χ4v) is 3.74. The first-order chi connectivity index (χ1) is 13.0. The van der Waals surface area contributed by atoms with Crippen molar-refractivity contribution in [2.24, 2.45) is 0 Å². The first-order valence-electron chi connectivity index (χ1n) is 9.15. The van der Waals surface area contributed by atoms with E-state index in [2.05, 4.69) is 42.4 Å². The Bertz CT molecular complexity index is 942. The molecule has 6 heteroatoms. The Kier molecular flexibility index (Phi) is 6.19. The van der Waals surface area contributed by atoms with E-state index < -0.39 is 0 Å². The van der Waals surface area contributed by atoms with Gasteiger partial charge < -0.3 is 14.8 Å². The van der Waals surface area contributed by atoms with Crippen molar-refractivity contribution < 1.29 is 9.47 Å². The summed E-state index contributed by atoms with van der Waals surface area (Å²) in [5.41, 5.74) is 4.44. The Hall–Kier alpha value is -2.31. The predicted molar refractivity (Wildman–Crippen MR) is 111 cm³/mol. The van der Waals surface area contributed by atoms with E-state index in [9.17, 15) is 0 Å². The van der Waals surface area contributed by atoms with Crippen LogP contribution in [0.25, 0.3) is 4.96 Å². The van der Waals surface area contributed by atoms with E-state index in [0.717, 1.165) is 46.4 Å². The van der Waals surface area contributed by atoms with Gasteiger partial charge in [0, 0.05) is 29.9 Å². The van der Waals surface area contributed by atoms with Gasteiger partial charge in [-0.05, 0) is 51.0 Å². The van der Waals surface area contributed by atoms with Gasteiger partial charge in [-0.1, -0.05) is 12.6 Å². The van der Waals surface area contributed by atoms with Gasteiger partial charge in [-0.15, -0.1) is 11.3 Å². The third-order valence-electron chi connectivity index (χ3n) is 4.26. The summed E-state index contributed by atoms with van der Waals surface area (Å²) < 4.78 is 13.7. The third kappa shape index (κ3) is 4.70. The van der Waals surface area contributed by atoms with E-state index in [1.165, 1.54) is 10.6 Å². The summed E-state index contributed by atoms with van der Waals surface area (Å²) in [4.78, 5) is 7.06. The smallest absolute Gasteiger partial charge is 0.194 e. The minimum absolute atomic E-state index is 0.494. The molecule has 3 rings (SSSR count). The first kappa shape index (κ1) is 19.5. The largest absolute Gasteiger partial charge is 0.490 e. The van der Waals surface area contributed by atoms with E-state index in [1.807, 2.05) is 26.0 Å².